The molecule has 0 atom stereocenters. The van der Waals surface area contributed by atoms with Gasteiger partial charge in [0.15, 0.2) is 18.1 Å². The van der Waals surface area contributed by atoms with E-state index in [4.69, 9.17) is 19.3 Å². The zero-order valence-electron chi connectivity index (χ0n) is 16.5. The van der Waals surface area contributed by atoms with Gasteiger partial charge >= 0.3 is 11.9 Å². The minimum Gasteiger partial charge on any atom is -0.490 e. The number of ether oxygens (including phenoxy) is 3. The van der Waals surface area contributed by atoms with E-state index in [2.05, 4.69) is 0 Å². The Morgan fingerprint density at radius 2 is 1.97 bits per heavy atom. The van der Waals surface area contributed by atoms with Gasteiger partial charge in [-0.05, 0) is 78.9 Å². The third-order valence-corrected chi connectivity index (χ3v) is 5.21. The van der Waals surface area contributed by atoms with Crippen LogP contribution in [0.3, 0.4) is 0 Å². The number of benzene rings is 1. The first-order valence-electron chi connectivity index (χ1n) is 8.88. The van der Waals surface area contributed by atoms with Crippen LogP contribution in [0.2, 0.25) is 0 Å². The molecule has 0 unspecified atom stereocenters. The van der Waals surface area contributed by atoms with E-state index in [9.17, 15) is 19.2 Å². The van der Waals surface area contributed by atoms with Gasteiger partial charge in [-0.15, -0.1) is 0 Å². The highest BCUT2D eigenvalue weighted by atomic mass is 127. The van der Waals surface area contributed by atoms with Gasteiger partial charge in [-0.25, -0.2) is 4.79 Å². The molecule has 9 nitrogen and oxygen atoms in total. The number of rotatable bonds is 9. The molecule has 0 bridgehead atoms. The number of amides is 2. The van der Waals surface area contributed by atoms with Crippen molar-refractivity contribution >= 4 is 63.5 Å². The molecule has 0 aromatic heterocycles. The maximum Gasteiger partial charge on any atom is 0.341 e. The summed E-state index contributed by atoms with van der Waals surface area (Å²) in [6.45, 7) is 4.45. The summed E-state index contributed by atoms with van der Waals surface area (Å²) in [6.07, 6.45) is 1.15. The third kappa shape index (κ3) is 6.36. The molecule has 162 valence electrons. The van der Waals surface area contributed by atoms with Gasteiger partial charge in [0.2, 0.25) is 0 Å². The Balaban J connectivity index is 2.27. The lowest BCUT2D eigenvalue weighted by Crippen LogP contribution is -2.35. The van der Waals surface area contributed by atoms with Crippen LogP contribution in [0.25, 0.3) is 6.08 Å². The van der Waals surface area contributed by atoms with Crippen LogP contribution in [0.15, 0.2) is 17.0 Å². The summed E-state index contributed by atoms with van der Waals surface area (Å²) in [4.78, 5) is 48.3. The Hall–Kier alpha value is -2.28. The number of carboxylic acid groups (broad SMARTS) is 1. The number of thioether (sulfide) groups is 1. The largest absolute Gasteiger partial charge is 0.490 e. The van der Waals surface area contributed by atoms with Crippen LogP contribution in [-0.2, 0) is 19.1 Å². The van der Waals surface area contributed by atoms with Gasteiger partial charge in [0, 0.05) is 0 Å². The summed E-state index contributed by atoms with van der Waals surface area (Å²) in [5.74, 6) is -1.79. The Morgan fingerprint density at radius 1 is 1.27 bits per heavy atom. The lowest BCUT2D eigenvalue weighted by Gasteiger charge is -2.14. The van der Waals surface area contributed by atoms with E-state index in [1.807, 2.05) is 22.6 Å². The quantitative estimate of drug-likeness (QED) is 0.282. The predicted molar refractivity (Wildman–Crippen MR) is 117 cm³/mol. The first-order chi connectivity index (χ1) is 14.1. The summed E-state index contributed by atoms with van der Waals surface area (Å²) >= 11 is 2.69. The SMILES string of the molecule is CCOc1cc(/C=C2/SC(=O)N(CC(=O)OC(C)C)C2=O)cc(I)c1OCC(=O)O. The fourth-order valence-electron chi connectivity index (χ4n) is 2.43. The highest BCUT2D eigenvalue weighted by Crippen LogP contribution is 2.37. The molecular formula is C19H20INO8S. The second kappa shape index (κ2) is 10.7. The van der Waals surface area contributed by atoms with Crippen LogP contribution in [0.5, 0.6) is 11.5 Å². The molecule has 1 aromatic rings. The van der Waals surface area contributed by atoms with Crippen LogP contribution in [0.1, 0.15) is 26.3 Å². The second-order valence-corrected chi connectivity index (χ2v) is 8.41. The van der Waals surface area contributed by atoms with Gasteiger partial charge in [-0.3, -0.25) is 19.3 Å². The minimum atomic E-state index is -1.12. The van der Waals surface area contributed by atoms with Gasteiger partial charge in [0.1, 0.15) is 6.54 Å². The molecule has 1 aromatic carbocycles. The van der Waals surface area contributed by atoms with E-state index >= 15 is 0 Å². The number of hydrogen-bond acceptors (Lipinski definition) is 8. The van der Waals surface area contributed by atoms with Crippen molar-refractivity contribution in [1.29, 1.82) is 0 Å². The molecule has 1 saturated heterocycles. The number of carbonyl (C=O) groups is 4. The van der Waals surface area contributed by atoms with Gasteiger partial charge in [-0.2, -0.15) is 0 Å². The Morgan fingerprint density at radius 3 is 2.57 bits per heavy atom. The lowest BCUT2D eigenvalue weighted by atomic mass is 10.2. The monoisotopic (exact) mass is 549 g/mol. The van der Waals surface area contributed by atoms with E-state index in [1.54, 1.807) is 32.9 Å². The molecule has 1 heterocycles. The second-order valence-electron chi connectivity index (χ2n) is 6.25. The Bertz CT molecular complexity index is 899. The first kappa shape index (κ1) is 24.0. The van der Waals surface area contributed by atoms with Crippen LogP contribution >= 0.6 is 34.4 Å². The van der Waals surface area contributed by atoms with E-state index in [1.165, 1.54) is 6.08 Å². The third-order valence-electron chi connectivity index (χ3n) is 3.50. The van der Waals surface area contributed by atoms with Crippen LogP contribution in [0.4, 0.5) is 4.79 Å². The normalized spacial score (nSPS) is 15.1. The Labute approximate surface area is 190 Å². The average Bonchev–Trinajstić information content (AvgIpc) is 2.88. The van der Waals surface area contributed by atoms with Gasteiger partial charge in [0.05, 0.1) is 21.2 Å². The number of aliphatic carboxylic acids is 1. The molecule has 2 amide bonds. The van der Waals surface area contributed by atoms with Gasteiger partial charge in [-0.1, -0.05) is 0 Å². The predicted octanol–water partition coefficient (Wildman–Crippen LogP) is 3.14. The molecule has 0 radical (unpaired) electrons. The molecule has 1 aliphatic rings. The number of carboxylic acids is 1. The van der Waals surface area contributed by atoms with Crippen molar-refractivity contribution in [3.05, 3.63) is 26.2 Å². The van der Waals surface area contributed by atoms with Crippen molar-refractivity contribution in [2.45, 2.75) is 26.9 Å². The van der Waals surface area contributed by atoms with Crippen molar-refractivity contribution in [2.75, 3.05) is 19.8 Å². The molecule has 1 N–H and O–H groups in total. The van der Waals surface area contributed by atoms with Gasteiger partial charge in [0.25, 0.3) is 11.1 Å². The summed E-state index contributed by atoms with van der Waals surface area (Å²) in [5, 5.41) is 8.27. The highest BCUT2D eigenvalue weighted by Gasteiger charge is 2.36. The lowest BCUT2D eigenvalue weighted by molar-refractivity contribution is -0.149. The van der Waals surface area contributed by atoms with Crippen LogP contribution < -0.4 is 9.47 Å². The number of imide groups is 1. The maximum absolute atomic E-state index is 12.6. The van der Waals surface area contributed by atoms with Crippen molar-refractivity contribution in [2.24, 2.45) is 0 Å². The number of hydrogen-bond donors (Lipinski definition) is 1. The number of halogens is 1. The van der Waals surface area contributed by atoms with E-state index in [0.29, 0.717) is 21.5 Å². The summed E-state index contributed by atoms with van der Waals surface area (Å²) in [7, 11) is 0. The molecule has 2 rings (SSSR count). The van der Waals surface area contributed by atoms with Crippen molar-refractivity contribution in [1.82, 2.24) is 4.90 Å². The first-order valence-corrected chi connectivity index (χ1v) is 10.8. The van der Waals surface area contributed by atoms with Crippen LogP contribution in [-0.4, -0.2) is 59.0 Å². The summed E-state index contributed by atoms with van der Waals surface area (Å²) < 4.78 is 16.4. The van der Waals surface area contributed by atoms with Gasteiger partial charge < -0.3 is 19.3 Å². The van der Waals surface area contributed by atoms with E-state index < -0.39 is 36.2 Å². The standard InChI is InChI=1S/C19H20INO8S/c1-4-27-13-6-11(5-12(20)17(13)28-9-15(22)23)7-14-18(25)21(19(26)30-14)8-16(24)29-10(2)3/h5-7,10H,4,8-9H2,1-3H3,(H,22,23)/b14-7+. The fourth-order valence-corrected chi connectivity index (χ4v) is 4.04. The number of carbonyl (C=O) groups excluding carboxylic acids is 3. The van der Waals surface area contributed by atoms with Crippen molar-refractivity contribution in [3.63, 3.8) is 0 Å². The smallest absolute Gasteiger partial charge is 0.341 e. The molecule has 1 fully saturated rings. The van der Waals surface area contributed by atoms with Crippen LogP contribution in [0, 0.1) is 3.57 Å². The molecule has 0 spiro atoms. The molecular weight excluding hydrogens is 529 g/mol. The molecule has 11 heteroatoms. The van der Waals surface area contributed by atoms with Crippen molar-refractivity contribution < 1.29 is 38.5 Å². The summed E-state index contributed by atoms with van der Waals surface area (Å²) in [6, 6.07) is 3.26. The summed E-state index contributed by atoms with van der Waals surface area (Å²) in [5.41, 5.74) is 0.556. The zero-order chi connectivity index (χ0) is 22.4. The highest BCUT2D eigenvalue weighted by molar-refractivity contribution is 14.1. The Kier molecular flexibility index (Phi) is 8.53. The number of esters is 1. The minimum absolute atomic E-state index is 0.148. The molecule has 0 saturated carbocycles. The average molecular weight is 549 g/mol. The molecule has 30 heavy (non-hydrogen) atoms. The fraction of sp³-hybridized carbons (Fsp3) is 0.368. The zero-order valence-corrected chi connectivity index (χ0v) is 19.4. The van der Waals surface area contributed by atoms with E-state index in [-0.39, 0.29) is 16.8 Å². The maximum atomic E-state index is 12.6. The van der Waals surface area contributed by atoms with E-state index in [0.717, 1.165) is 16.7 Å². The topological polar surface area (TPSA) is 119 Å². The number of nitrogens with zero attached hydrogens (tertiary/aromatic N) is 1. The molecule has 0 aliphatic carbocycles. The molecule has 1 aliphatic heterocycles. The van der Waals surface area contributed by atoms with Crippen molar-refractivity contribution in [3.8, 4) is 11.5 Å².